The summed E-state index contributed by atoms with van der Waals surface area (Å²) in [5.74, 6) is 0.137. The van der Waals surface area contributed by atoms with Crippen LogP contribution in [0.3, 0.4) is 0 Å². The zero-order chi connectivity index (χ0) is 11.7. The van der Waals surface area contributed by atoms with E-state index in [2.05, 4.69) is 5.32 Å². The van der Waals surface area contributed by atoms with Crippen molar-refractivity contribution in [3.8, 4) is 5.75 Å². The maximum atomic E-state index is 11.3. The molecule has 2 rings (SSSR count). The van der Waals surface area contributed by atoms with Crippen molar-refractivity contribution < 1.29 is 5.11 Å². The maximum absolute atomic E-state index is 11.3. The molecule has 82 valence electrons. The van der Waals surface area contributed by atoms with Gasteiger partial charge >= 0.3 is 0 Å². The van der Waals surface area contributed by atoms with Crippen molar-refractivity contribution in [1.29, 1.82) is 0 Å². The minimum absolute atomic E-state index is 0.137. The summed E-state index contributed by atoms with van der Waals surface area (Å²) in [4.78, 5) is 22.5. The molecule has 4 nitrogen and oxygen atoms in total. The smallest absolute Gasteiger partial charge is 0.249 e. The van der Waals surface area contributed by atoms with Crippen molar-refractivity contribution in [1.82, 2.24) is 0 Å². The molecule has 0 aliphatic heterocycles. The molecule has 0 amide bonds. The summed E-state index contributed by atoms with van der Waals surface area (Å²) in [6.07, 6.45) is 0.285. The van der Waals surface area contributed by atoms with Crippen molar-refractivity contribution >= 4 is 5.69 Å². The van der Waals surface area contributed by atoms with E-state index in [0.717, 1.165) is 0 Å². The van der Waals surface area contributed by atoms with Gasteiger partial charge in [-0.15, -0.1) is 0 Å². The largest absolute Gasteiger partial charge is 0.508 e. The minimum atomic E-state index is -0.479. The number of phenolic OH excluding ortho intramolecular Hbond substituents is 1. The Morgan fingerprint density at radius 2 is 1.88 bits per heavy atom. The molecule has 0 aromatic heterocycles. The van der Waals surface area contributed by atoms with Gasteiger partial charge in [0.2, 0.25) is 10.9 Å². The Morgan fingerprint density at radius 1 is 1.19 bits per heavy atom. The monoisotopic (exact) mass is 217 g/mol. The molecule has 0 bridgehead atoms. The zero-order valence-corrected chi connectivity index (χ0v) is 8.78. The number of benzene rings is 1. The average Bonchev–Trinajstić information content (AvgIpc) is 2.30. The highest BCUT2D eigenvalue weighted by Gasteiger charge is 2.20. The summed E-state index contributed by atoms with van der Waals surface area (Å²) < 4.78 is 0. The first-order chi connectivity index (χ1) is 7.65. The Labute approximate surface area is 91.9 Å². The quantitative estimate of drug-likeness (QED) is 0.740. The summed E-state index contributed by atoms with van der Waals surface area (Å²) in [5.41, 5.74) is 0.494. The summed E-state index contributed by atoms with van der Waals surface area (Å²) >= 11 is 0. The van der Waals surface area contributed by atoms with E-state index in [4.69, 9.17) is 0 Å². The number of para-hydroxylation sites is 1. The van der Waals surface area contributed by atoms with Crippen LogP contribution in [0.25, 0.3) is 0 Å². The van der Waals surface area contributed by atoms with E-state index in [0.29, 0.717) is 16.8 Å². The molecule has 0 heterocycles. The Balaban J connectivity index is 2.36. The lowest BCUT2D eigenvalue weighted by molar-refractivity contribution is 0.469. The molecule has 0 radical (unpaired) electrons. The first-order valence-corrected chi connectivity index (χ1v) is 4.92. The highest BCUT2D eigenvalue weighted by Crippen LogP contribution is 2.21. The number of nitrogens with one attached hydrogen (secondary N) is 1. The van der Waals surface area contributed by atoms with Crippen LogP contribution in [0.1, 0.15) is 11.1 Å². The molecular weight excluding hydrogens is 206 g/mol. The fourth-order valence-electron chi connectivity index (χ4n) is 1.72. The molecule has 2 aromatic carbocycles. The predicted molar refractivity (Wildman–Crippen MR) is 61.8 cm³/mol. The normalized spacial score (nSPS) is 10.6. The topological polar surface area (TPSA) is 66.4 Å². The van der Waals surface area contributed by atoms with Crippen LogP contribution in [-0.4, -0.2) is 12.2 Å². The van der Waals surface area contributed by atoms with E-state index in [9.17, 15) is 14.7 Å². The standard InChI is InChI=1S/C12H11NO3/c1-13-10-8(11(15)12(10)16)6-7-4-2-3-5-9(7)14/h2-5,13-14H,6H2,1H3. The predicted octanol–water partition coefficient (Wildman–Crippen LogP) is 0.621. The van der Waals surface area contributed by atoms with Crippen molar-refractivity contribution in [3.63, 3.8) is 0 Å². The van der Waals surface area contributed by atoms with E-state index in [1.807, 2.05) is 0 Å². The Kier molecular flexibility index (Phi) is 2.48. The molecule has 0 fully saturated rings. The Bertz CT molecular complexity index is 594. The third kappa shape index (κ3) is 1.48. The van der Waals surface area contributed by atoms with E-state index in [1.165, 1.54) is 0 Å². The third-order valence-electron chi connectivity index (χ3n) is 2.62. The van der Waals surface area contributed by atoms with Crippen LogP contribution in [-0.2, 0) is 6.42 Å². The molecule has 16 heavy (non-hydrogen) atoms. The van der Waals surface area contributed by atoms with Gasteiger partial charge in [0.15, 0.2) is 0 Å². The van der Waals surface area contributed by atoms with Crippen LogP contribution in [0, 0.1) is 0 Å². The van der Waals surface area contributed by atoms with Gasteiger partial charge < -0.3 is 10.4 Å². The van der Waals surface area contributed by atoms with Gasteiger partial charge in [-0.2, -0.15) is 0 Å². The number of hydrogen-bond donors (Lipinski definition) is 2. The second-order valence-corrected chi connectivity index (χ2v) is 3.57. The molecule has 2 N–H and O–H groups in total. The van der Waals surface area contributed by atoms with Crippen molar-refractivity contribution in [2.24, 2.45) is 0 Å². The second-order valence-electron chi connectivity index (χ2n) is 3.57. The number of hydrogen-bond acceptors (Lipinski definition) is 4. The number of aromatic hydroxyl groups is 1. The van der Waals surface area contributed by atoms with Crippen LogP contribution in [0.2, 0.25) is 0 Å². The van der Waals surface area contributed by atoms with Gasteiger partial charge in [0, 0.05) is 19.0 Å². The molecule has 0 saturated carbocycles. The molecule has 2 aromatic rings. The second kappa shape index (κ2) is 3.81. The zero-order valence-electron chi connectivity index (χ0n) is 8.78. The summed E-state index contributed by atoms with van der Waals surface area (Å²) in [6.45, 7) is 0. The molecular formula is C12H11NO3. The van der Waals surface area contributed by atoms with E-state index in [1.54, 1.807) is 31.3 Å². The van der Waals surface area contributed by atoms with E-state index >= 15 is 0 Å². The lowest BCUT2D eigenvalue weighted by Crippen LogP contribution is -2.38. The maximum Gasteiger partial charge on any atom is 0.249 e. The molecule has 0 atom stereocenters. The van der Waals surface area contributed by atoms with Gasteiger partial charge in [-0.05, 0) is 11.6 Å². The van der Waals surface area contributed by atoms with Crippen LogP contribution >= 0.6 is 0 Å². The molecule has 0 aliphatic carbocycles. The lowest BCUT2D eigenvalue weighted by Gasteiger charge is -2.10. The molecule has 0 saturated heterocycles. The van der Waals surface area contributed by atoms with Crippen molar-refractivity contribution in [3.05, 3.63) is 55.8 Å². The highest BCUT2D eigenvalue weighted by atomic mass is 16.3. The Morgan fingerprint density at radius 3 is 2.50 bits per heavy atom. The summed E-state index contributed by atoms with van der Waals surface area (Å²) in [6, 6.07) is 6.77. The Hall–Kier alpha value is -2.10. The average molecular weight is 217 g/mol. The van der Waals surface area contributed by atoms with Gasteiger partial charge in [0.05, 0.1) is 5.69 Å². The first-order valence-electron chi connectivity index (χ1n) is 4.92. The van der Waals surface area contributed by atoms with Crippen LogP contribution in [0.5, 0.6) is 5.75 Å². The first kappa shape index (κ1) is 10.4. The summed E-state index contributed by atoms with van der Waals surface area (Å²) in [5, 5.41) is 12.2. The number of anilines is 1. The molecule has 0 spiro atoms. The van der Waals surface area contributed by atoms with Gasteiger partial charge in [-0.1, -0.05) is 18.2 Å². The van der Waals surface area contributed by atoms with Crippen molar-refractivity contribution in [2.75, 3.05) is 12.4 Å². The van der Waals surface area contributed by atoms with Crippen LogP contribution in [0.15, 0.2) is 33.9 Å². The third-order valence-corrected chi connectivity index (χ3v) is 2.62. The number of phenols is 1. The van der Waals surface area contributed by atoms with Gasteiger partial charge in [-0.25, -0.2) is 0 Å². The molecule has 0 aliphatic rings. The lowest BCUT2D eigenvalue weighted by atomic mass is 9.98. The van der Waals surface area contributed by atoms with Crippen molar-refractivity contribution in [2.45, 2.75) is 6.42 Å². The van der Waals surface area contributed by atoms with E-state index < -0.39 is 10.9 Å². The summed E-state index contributed by atoms with van der Waals surface area (Å²) in [7, 11) is 1.60. The highest BCUT2D eigenvalue weighted by molar-refractivity contribution is 5.58. The minimum Gasteiger partial charge on any atom is -0.508 e. The van der Waals surface area contributed by atoms with Gasteiger partial charge in [0.1, 0.15) is 5.75 Å². The molecule has 4 heteroatoms. The fraction of sp³-hybridized carbons (Fsp3) is 0.167. The van der Waals surface area contributed by atoms with Crippen LogP contribution < -0.4 is 16.2 Å². The molecule has 0 unspecified atom stereocenters. The fourth-order valence-corrected chi connectivity index (χ4v) is 1.72. The van der Waals surface area contributed by atoms with E-state index in [-0.39, 0.29) is 12.2 Å². The van der Waals surface area contributed by atoms with Gasteiger partial charge in [0.25, 0.3) is 0 Å². The SMILES string of the molecule is CNc1c(Cc2ccccc2O)c(=O)c1=O. The van der Waals surface area contributed by atoms with Gasteiger partial charge in [-0.3, -0.25) is 9.59 Å². The van der Waals surface area contributed by atoms with Crippen LogP contribution in [0.4, 0.5) is 5.69 Å². The number of rotatable bonds is 3.